The van der Waals surface area contributed by atoms with Gasteiger partial charge in [0, 0.05) is 29.3 Å². The lowest BCUT2D eigenvalue weighted by atomic mass is 9.83. The van der Waals surface area contributed by atoms with Crippen molar-refractivity contribution in [3.63, 3.8) is 0 Å². The predicted molar refractivity (Wildman–Crippen MR) is 143 cm³/mol. The fourth-order valence-corrected chi connectivity index (χ4v) is 6.15. The van der Waals surface area contributed by atoms with Crippen molar-refractivity contribution in [2.24, 2.45) is 5.92 Å². The van der Waals surface area contributed by atoms with E-state index in [1.54, 1.807) is 34.9 Å². The molecule has 1 aliphatic carbocycles. The van der Waals surface area contributed by atoms with E-state index in [1.165, 1.54) is 23.5 Å². The lowest BCUT2D eigenvalue weighted by Gasteiger charge is -2.35. The maximum Gasteiger partial charge on any atom is 0.393 e. The Morgan fingerprint density at radius 3 is 2.54 bits per heavy atom. The molecule has 5 rings (SSSR count). The number of fused-ring (bicyclic) bond motifs is 1. The third-order valence-electron chi connectivity index (χ3n) is 7.30. The molecule has 6 nitrogen and oxygen atoms in total. The second-order valence-electron chi connectivity index (χ2n) is 9.91. The van der Waals surface area contributed by atoms with Crippen molar-refractivity contribution in [2.45, 2.75) is 56.8 Å². The van der Waals surface area contributed by atoms with E-state index in [0.29, 0.717) is 42.5 Å². The normalized spacial score (nSPS) is 18.6. The van der Waals surface area contributed by atoms with Crippen LogP contribution in [0, 0.1) is 5.92 Å². The number of carboxylic acid groups (broad SMARTS) is 1. The second-order valence-corrected chi connectivity index (χ2v) is 10.9. The van der Waals surface area contributed by atoms with Crippen LogP contribution in [0.3, 0.4) is 0 Å². The van der Waals surface area contributed by atoms with Crippen LogP contribution in [-0.4, -0.2) is 38.8 Å². The highest BCUT2D eigenvalue weighted by Gasteiger charge is 2.47. The Morgan fingerprint density at radius 1 is 1.08 bits per heavy atom. The Kier molecular flexibility index (Phi) is 7.74. The lowest BCUT2D eigenvalue weighted by molar-refractivity contribution is -0.193. The highest BCUT2D eigenvalue weighted by Crippen LogP contribution is 2.45. The van der Waals surface area contributed by atoms with Gasteiger partial charge in [0.1, 0.15) is 11.9 Å². The molecule has 3 atom stereocenters. The number of aromatic nitrogens is 2. The number of halogens is 3. The van der Waals surface area contributed by atoms with E-state index < -0.39 is 36.1 Å². The Labute approximate surface area is 227 Å². The average Bonchev–Trinajstić information content (AvgIpc) is 3.55. The number of benzene rings is 2. The van der Waals surface area contributed by atoms with E-state index in [0.717, 1.165) is 10.4 Å². The van der Waals surface area contributed by atoms with Gasteiger partial charge in [-0.05, 0) is 48.1 Å². The van der Waals surface area contributed by atoms with Crippen molar-refractivity contribution >= 4 is 34.2 Å². The molecule has 0 spiro atoms. The lowest BCUT2D eigenvalue weighted by Crippen LogP contribution is -2.42. The Hall–Kier alpha value is -3.66. The fraction of sp³-hybridized carbons (Fsp3) is 0.345. The first kappa shape index (κ1) is 26.9. The molecule has 1 aliphatic rings. The quantitative estimate of drug-likeness (QED) is 0.263. The molecule has 1 fully saturated rings. The van der Waals surface area contributed by atoms with Crippen molar-refractivity contribution < 1.29 is 27.9 Å². The van der Waals surface area contributed by atoms with Gasteiger partial charge in [-0.1, -0.05) is 49.2 Å². The highest BCUT2D eigenvalue weighted by atomic mass is 32.1. The van der Waals surface area contributed by atoms with E-state index in [1.807, 2.05) is 23.6 Å². The molecule has 10 heteroatoms. The molecule has 2 unspecified atom stereocenters. The molecule has 1 amide bonds. The van der Waals surface area contributed by atoms with Crippen LogP contribution < -0.4 is 5.32 Å². The highest BCUT2D eigenvalue weighted by molar-refractivity contribution is 7.09. The van der Waals surface area contributed by atoms with Crippen LogP contribution in [0.2, 0.25) is 0 Å². The minimum atomic E-state index is -4.33. The number of carbonyl (C=O) groups is 2. The van der Waals surface area contributed by atoms with Crippen LogP contribution in [0.1, 0.15) is 58.3 Å². The summed E-state index contributed by atoms with van der Waals surface area (Å²) in [5, 5.41) is 14.2. The summed E-state index contributed by atoms with van der Waals surface area (Å²) in [6.07, 6.45) is -2.12. The van der Waals surface area contributed by atoms with Crippen LogP contribution in [-0.2, 0) is 17.6 Å². The summed E-state index contributed by atoms with van der Waals surface area (Å²) in [6, 6.07) is 15.6. The maximum absolute atomic E-state index is 14.1. The van der Waals surface area contributed by atoms with E-state index in [-0.39, 0.29) is 18.4 Å². The maximum atomic E-state index is 14.1. The number of rotatable bonds is 8. The van der Waals surface area contributed by atoms with Crippen LogP contribution in [0.4, 0.5) is 13.2 Å². The first-order chi connectivity index (χ1) is 18.7. The number of nitrogens with zero attached hydrogens (tertiary/aromatic N) is 2. The van der Waals surface area contributed by atoms with Crippen molar-refractivity contribution in [1.29, 1.82) is 0 Å². The number of hydrogen-bond acceptors (Lipinski definition) is 4. The largest absolute Gasteiger partial charge is 0.480 e. The fourth-order valence-electron chi connectivity index (χ4n) is 5.45. The zero-order valence-electron chi connectivity index (χ0n) is 21.0. The molecule has 0 aliphatic heterocycles. The van der Waals surface area contributed by atoms with Gasteiger partial charge in [0.15, 0.2) is 0 Å². The van der Waals surface area contributed by atoms with Crippen LogP contribution >= 0.6 is 11.3 Å². The smallest absolute Gasteiger partial charge is 0.393 e. The molecule has 204 valence electrons. The number of hydrogen-bond donors (Lipinski definition) is 2. The van der Waals surface area contributed by atoms with Crippen molar-refractivity contribution in [3.05, 3.63) is 87.9 Å². The van der Waals surface area contributed by atoms with Crippen molar-refractivity contribution in [2.75, 3.05) is 0 Å². The second kappa shape index (κ2) is 11.2. The SMILES string of the molecule is O=C(NC(Cc1ccccc1)C(=O)O)c1ccc2c(c1)nc(Cc1cccs1)n2[C@H]1CCCCC1C(F)(F)F. The van der Waals surface area contributed by atoms with E-state index in [2.05, 4.69) is 5.32 Å². The van der Waals surface area contributed by atoms with Gasteiger partial charge < -0.3 is 15.0 Å². The summed E-state index contributed by atoms with van der Waals surface area (Å²) in [7, 11) is 0. The molecule has 0 saturated heterocycles. The Balaban J connectivity index is 1.48. The molecule has 4 aromatic rings. The summed E-state index contributed by atoms with van der Waals surface area (Å²) in [4.78, 5) is 30.6. The van der Waals surface area contributed by atoms with Gasteiger partial charge >= 0.3 is 12.1 Å². The molecule has 39 heavy (non-hydrogen) atoms. The molecule has 2 aromatic heterocycles. The standard InChI is InChI=1S/C29H28F3N3O3S/c30-29(31,32)21-10-4-5-11-24(21)35-25-13-12-19(16-22(25)33-26(35)17-20-9-6-14-39-20)27(36)34-23(28(37)38)15-18-7-2-1-3-8-18/h1-3,6-9,12-14,16,21,23-24H,4-5,10-11,15,17H2,(H,34,36)(H,37,38)/t21?,23?,24-/m0/s1. The van der Waals surface area contributed by atoms with Crippen LogP contribution in [0.5, 0.6) is 0 Å². The van der Waals surface area contributed by atoms with Crippen LogP contribution in [0.25, 0.3) is 11.0 Å². The van der Waals surface area contributed by atoms with Gasteiger partial charge in [0.05, 0.1) is 17.0 Å². The van der Waals surface area contributed by atoms with E-state index in [9.17, 15) is 27.9 Å². The number of alkyl halides is 3. The molecular weight excluding hydrogens is 527 g/mol. The van der Waals surface area contributed by atoms with Gasteiger partial charge in [-0.25, -0.2) is 9.78 Å². The average molecular weight is 556 g/mol. The first-order valence-electron chi connectivity index (χ1n) is 12.9. The van der Waals surface area contributed by atoms with Crippen molar-refractivity contribution in [3.8, 4) is 0 Å². The number of aliphatic carboxylic acids is 1. The molecule has 0 bridgehead atoms. The van der Waals surface area contributed by atoms with Gasteiger partial charge in [0.25, 0.3) is 5.91 Å². The van der Waals surface area contributed by atoms with E-state index >= 15 is 0 Å². The van der Waals surface area contributed by atoms with Gasteiger partial charge in [-0.3, -0.25) is 4.79 Å². The summed E-state index contributed by atoms with van der Waals surface area (Å²) >= 11 is 1.51. The third-order valence-corrected chi connectivity index (χ3v) is 8.18. The minimum Gasteiger partial charge on any atom is -0.480 e. The zero-order valence-corrected chi connectivity index (χ0v) is 21.8. The first-order valence-corrected chi connectivity index (χ1v) is 13.8. The van der Waals surface area contributed by atoms with Crippen molar-refractivity contribution in [1.82, 2.24) is 14.9 Å². The molecule has 2 aromatic carbocycles. The van der Waals surface area contributed by atoms with Gasteiger partial charge in [0.2, 0.25) is 0 Å². The number of carboxylic acids is 1. The monoisotopic (exact) mass is 555 g/mol. The van der Waals surface area contributed by atoms with E-state index in [4.69, 9.17) is 4.98 Å². The number of nitrogens with one attached hydrogen (secondary N) is 1. The van der Waals surface area contributed by atoms with Gasteiger partial charge in [-0.15, -0.1) is 11.3 Å². The molecule has 0 radical (unpaired) electrons. The number of imidazole rings is 1. The Bertz CT molecular complexity index is 1450. The molecule has 2 heterocycles. The molecule has 2 N–H and O–H groups in total. The minimum absolute atomic E-state index is 0.0742. The van der Waals surface area contributed by atoms with Crippen LogP contribution in [0.15, 0.2) is 66.0 Å². The summed E-state index contributed by atoms with van der Waals surface area (Å²) < 4.78 is 43.9. The number of carbonyl (C=O) groups excluding carboxylic acids is 1. The Morgan fingerprint density at radius 2 is 1.85 bits per heavy atom. The summed E-state index contributed by atoms with van der Waals surface area (Å²) in [6.45, 7) is 0. The third kappa shape index (κ3) is 6.00. The number of amides is 1. The predicted octanol–water partition coefficient (Wildman–Crippen LogP) is 6.41. The van der Waals surface area contributed by atoms with Gasteiger partial charge in [-0.2, -0.15) is 13.2 Å². The molecular formula is C29H28F3N3O3S. The molecule has 1 saturated carbocycles. The number of thiophene rings is 1. The summed E-state index contributed by atoms with van der Waals surface area (Å²) in [5.74, 6) is -2.69. The zero-order chi connectivity index (χ0) is 27.6. The topological polar surface area (TPSA) is 84.2 Å². The summed E-state index contributed by atoms with van der Waals surface area (Å²) in [5.41, 5.74) is 1.92.